The molecule has 57 heavy (non-hydrogen) atoms. The van der Waals surface area contributed by atoms with Crippen LogP contribution in [-0.2, 0) is 38.4 Å². The fourth-order valence-corrected chi connectivity index (χ4v) is 5.44. The number of benzene rings is 1. The molecule has 318 valence electrons. The number of nitrogens with two attached hydrogens (primary N) is 1. The average Bonchev–Trinajstić information content (AvgIpc) is 3.16. The van der Waals surface area contributed by atoms with Crippen LogP contribution in [0.4, 0.5) is 0 Å². The van der Waals surface area contributed by atoms with Gasteiger partial charge in [-0.15, -0.1) is 0 Å². The van der Waals surface area contributed by atoms with Crippen molar-refractivity contribution in [2.45, 2.75) is 133 Å². The minimum atomic E-state index is -1.55. The molecule has 4 amide bonds. The number of aromatic carboxylic acids is 1. The molecule has 0 saturated carbocycles. The van der Waals surface area contributed by atoms with E-state index < -0.39 is 90.9 Å². The zero-order valence-corrected chi connectivity index (χ0v) is 32.1. The molecule has 0 aliphatic heterocycles. The maximum Gasteiger partial charge on any atom is 0.335 e. The standard InChI is InChI=1S/C38H57N5O14/c39-26(24-44)10-7-8-22-40-31(45)19-16-28(36(51)52)42-33(47)21-18-30(38(55)56)43-34(48)20-17-29(37(53)54)41-32(46)11-6-4-2-1-3-5-9-23-57-27-14-12-25(13-15-27)35(49)50/h12-15,24,26,28-30H,1-11,16-23,39H2,(H,40,45)(H,41,46)(H,42,47)(H,43,48)(H,49,50)(H,51,52)(H,53,54)(H,55,56)/t26-,28-,29-,30-/m0/s1. The molecule has 0 unspecified atom stereocenters. The summed E-state index contributed by atoms with van der Waals surface area (Å²) in [6, 6.07) is 1.24. The van der Waals surface area contributed by atoms with Crippen LogP contribution in [0.15, 0.2) is 24.3 Å². The van der Waals surface area contributed by atoms with Crippen molar-refractivity contribution in [3.63, 3.8) is 0 Å². The molecule has 0 aliphatic carbocycles. The maximum absolute atomic E-state index is 12.5. The highest BCUT2D eigenvalue weighted by atomic mass is 16.5. The van der Waals surface area contributed by atoms with Gasteiger partial charge in [-0.05, 0) is 75.6 Å². The summed E-state index contributed by atoms with van der Waals surface area (Å²) >= 11 is 0. The van der Waals surface area contributed by atoms with Gasteiger partial charge in [0.1, 0.15) is 30.2 Å². The Hall–Kier alpha value is -5.59. The SMILES string of the molecule is N[C@H](C=O)CCCCNC(=O)CC[C@H](NC(=O)CC[C@H](NC(=O)CC[C@H](NC(=O)CCCCCCCCCOc1ccc(C(=O)O)cc1)C(=O)O)C(=O)O)C(=O)O. The Morgan fingerprint density at radius 3 is 1.46 bits per heavy atom. The van der Waals surface area contributed by atoms with Gasteiger partial charge >= 0.3 is 23.9 Å². The molecule has 0 aliphatic rings. The van der Waals surface area contributed by atoms with Crippen LogP contribution in [-0.4, -0.2) is 112 Å². The van der Waals surface area contributed by atoms with Gasteiger partial charge in [-0.1, -0.05) is 32.1 Å². The lowest BCUT2D eigenvalue weighted by Crippen LogP contribution is -2.45. The second-order valence-corrected chi connectivity index (χ2v) is 13.5. The third-order valence-electron chi connectivity index (χ3n) is 8.76. The molecule has 0 radical (unpaired) electrons. The van der Waals surface area contributed by atoms with E-state index in [1.165, 1.54) is 12.1 Å². The Labute approximate surface area is 330 Å². The first-order valence-corrected chi connectivity index (χ1v) is 19.1. The molecule has 10 N–H and O–H groups in total. The highest BCUT2D eigenvalue weighted by Crippen LogP contribution is 2.14. The summed E-state index contributed by atoms with van der Waals surface area (Å²) in [4.78, 5) is 106. The Bertz CT molecular complexity index is 1470. The average molecular weight is 808 g/mol. The molecule has 0 saturated heterocycles. The first-order valence-electron chi connectivity index (χ1n) is 19.1. The minimum Gasteiger partial charge on any atom is -0.494 e. The van der Waals surface area contributed by atoms with Crippen LogP contribution in [0.25, 0.3) is 0 Å². The molecule has 0 fully saturated rings. The zero-order chi connectivity index (χ0) is 42.6. The predicted molar refractivity (Wildman–Crippen MR) is 203 cm³/mol. The van der Waals surface area contributed by atoms with Gasteiger partial charge in [0.25, 0.3) is 0 Å². The molecule has 0 spiro atoms. The Kier molecular flexibility index (Phi) is 24.9. The highest BCUT2D eigenvalue weighted by Gasteiger charge is 2.26. The fourth-order valence-electron chi connectivity index (χ4n) is 5.44. The number of ether oxygens (including phenoxy) is 1. The van der Waals surface area contributed by atoms with Gasteiger partial charge in [-0.25, -0.2) is 19.2 Å². The summed E-state index contributed by atoms with van der Waals surface area (Å²) in [7, 11) is 0. The van der Waals surface area contributed by atoms with Crippen LogP contribution in [0, 0.1) is 0 Å². The molecule has 1 aromatic carbocycles. The molecule has 0 aromatic heterocycles. The number of amides is 4. The predicted octanol–water partition coefficient (Wildman–Crippen LogP) is 1.75. The maximum atomic E-state index is 12.5. The number of rotatable bonds is 33. The summed E-state index contributed by atoms with van der Waals surface area (Å²) in [5, 5.41) is 46.9. The number of hydrogen-bond donors (Lipinski definition) is 9. The summed E-state index contributed by atoms with van der Waals surface area (Å²) in [6.07, 6.45) is 6.08. The van der Waals surface area contributed by atoms with Gasteiger partial charge in [0.15, 0.2) is 0 Å². The van der Waals surface area contributed by atoms with E-state index >= 15 is 0 Å². The van der Waals surface area contributed by atoms with Crippen LogP contribution < -0.4 is 31.7 Å². The second kappa shape index (κ2) is 28.8. The van der Waals surface area contributed by atoms with Gasteiger partial charge in [0.2, 0.25) is 23.6 Å². The van der Waals surface area contributed by atoms with E-state index in [2.05, 4.69) is 21.3 Å². The number of nitrogens with one attached hydrogen (secondary N) is 4. The van der Waals surface area contributed by atoms with E-state index in [1.807, 2.05) is 0 Å². The molecule has 19 nitrogen and oxygen atoms in total. The second-order valence-electron chi connectivity index (χ2n) is 13.5. The van der Waals surface area contributed by atoms with Crippen molar-refractivity contribution in [1.29, 1.82) is 0 Å². The summed E-state index contributed by atoms with van der Waals surface area (Å²) in [5.74, 6) is -7.25. The molecular formula is C38H57N5O14. The Balaban J connectivity index is 2.32. The monoisotopic (exact) mass is 807 g/mol. The van der Waals surface area contributed by atoms with Gasteiger partial charge in [0, 0.05) is 32.2 Å². The summed E-state index contributed by atoms with van der Waals surface area (Å²) in [5.41, 5.74) is 5.68. The zero-order valence-electron chi connectivity index (χ0n) is 32.1. The Morgan fingerprint density at radius 2 is 1.00 bits per heavy atom. The van der Waals surface area contributed by atoms with Gasteiger partial charge in [-0.3, -0.25) is 19.2 Å². The van der Waals surface area contributed by atoms with Crippen molar-refractivity contribution in [1.82, 2.24) is 21.3 Å². The van der Waals surface area contributed by atoms with Crippen LogP contribution in [0.2, 0.25) is 0 Å². The summed E-state index contributed by atoms with van der Waals surface area (Å²) in [6.45, 7) is 0.799. The number of carboxylic acid groups (broad SMARTS) is 4. The number of aliphatic carboxylic acids is 3. The van der Waals surface area contributed by atoms with Gasteiger partial charge in [-0.2, -0.15) is 0 Å². The fraction of sp³-hybridized carbons (Fsp3) is 0.605. The molecule has 0 heterocycles. The van der Waals surface area contributed by atoms with Crippen molar-refractivity contribution in [2.24, 2.45) is 5.73 Å². The lowest BCUT2D eigenvalue weighted by Gasteiger charge is -2.18. The first-order chi connectivity index (χ1) is 27.1. The number of carboxylic acids is 4. The molecule has 19 heteroatoms. The molecule has 0 bridgehead atoms. The van der Waals surface area contributed by atoms with Gasteiger partial charge < -0.3 is 57.0 Å². The van der Waals surface area contributed by atoms with Crippen molar-refractivity contribution in [2.75, 3.05) is 13.2 Å². The topological polar surface area (TPSA) is 318 Å². The van der Waals surface area contributed by atoms with E-state index in [0.717, 1.165) is 38.5 Å². The van der Waals surface area contributed by atoms with E-state index in [9.17, 15) is 58.5 Å². The summed E-state index contributed by atoms with van der Waals surface area (Å²) < 4.78 is 5.61. The van der Waals surface area contributed by atoms with Crippen LogP contribution >= 0.6 is 0 Å². The van der Waals surface area contributed by atoms with E-state index in [-0.39, 0.29) is 31.2 Å². The molecule has 1 aromatic rings. The number of carbonyl (C=O) groups excluding carboxylic acids is 5. The quantitative estimate of drug-likeness (QED) is 0.0361. The largest absolute Gasteiger partial charge is 0.494 e. The molecule has 1 rings (SSSR count). The number of carbonyl (C=O) groups is 9. The van der Waals surface area contributed by atoms with Crippen LogP contribution in [0.3, 0.4) is 0 Å². The van der Waals surface area contributed by atoms with Crippen molar-refractivity contribution in [3.05, 3.63) is 29.8 Å². The normalized spacial score (nSPS) is 12.9. The molecule has 4 atom stereocenters. The van der Waals surface area contributed by atoms with Crippen molar-refractivity contribution < 1.29 is 68.3 Å². The third kappa shape index (κ3) is 23.8. The lowest BCUT2D eigenvalue weighted by molar-refractivity contribution is -0.144. The van der Waals surface area contributed by atoms with Crippen LogP contribution in [0.5, 0.6) is 5.75 Å². The van der Waals surface area contributed by atoms with Crippen molar-refractivity contribution in [3.8, 4) is 5.75 Å². The number of hydrogen-bond acceptors (Lipinski definition) is 11. The molecular weight excluding hydrogens is 750 g/mol. The highest BCUT2D eigenvalue weighted by molar-refractivity contribution is 5.88. The van der Waals surface area contributed by atoms with E-state index in [1.54, 1.807) is 12.1 Å². The minimum absolute atomic E-state index is 0.0871. The smallest absolute Gasteiger partial charge is 0.335 e. The third-order valence-corrected chi connectivity index (χ3v) is 8.76. The number of unbranched alkanes of at least 4 members (excludes halogenated alkanes) is 7. The lowest BCUT2D eigenvalue weighted by atomic mass is 10.1. The number of aldehydes is 1. The van der Waals surface area contributed by atoms with E-state index in [0.29, 0.717) is 50.9 Å². The van der Waals surface area contributed by atoms with Crippen LogP contribution in [0.1, 0.15) is 120 Å². The Morgan fingerprint density at radius 1 is 0.561 bits per heavy atom. The van der Waals surface area contributed by atoms with E-state index in [4.69, 9.17) is 15.6 Å². The van der Waals surface area contributed by atoms with Gasteiger partial charge in [0.05, 0.1) is 18.2 Å². The van der Waals surface area contributed by atoms with Crippen molar-refractivity contribution >= 4 is 53.8 Å². The first kappa shape index (κ1) is 49.4.